The van der Waals surface area contributed by atoms with Gasteiger partial charge in [-0.25, -0.2) is 15.0 Å². The number of hydrogen-bond acceptors (Lipinski definition) is 4. The number of fused-ring (bicyclic) bond motifs is 5. The molecule has 2 heterocycles. The van der Waals surface area contributed by atoms with Gasteiger partial charge in [-0.3, -0.25) is 0 Å². The summed E-state index contributed by atoms with van der Waals surface area (Å²) in [6, 6.07) is 50.8. The highest BCUT2D eigenvalue weighted by Crippen LogP contribution is 2.40. The maximum Gasteiger partial charge on any atom is 0.165 e. The maximum atomic E-state index is 6.46. The molecule has 0 aliphatic carbocycles. The Bertz CT molecular complexity index is 3050. The van der Waals surface area contributed by atoms with Gasteiger partial charge in [0.05, 0.1) is 0 Å². The number of nitrogens with zero attached hydrogens (tertiary/aromatic N) is 3. The molecule has 0 fully saturated rings. The molecule has 9 aromatic rings. The van der Waals surface area contributed by atoms with Crippen LogP contribution in [0.3, 0.4) is 0 Å². The van der Waals surface area contributed by atoms with E-state index in [-0.39, 0.29) is 5.41 Å². The number of furan rings is 1. The van der Waals surface area contributed by atoms with Crippen molar-refractivity contribution in [3.05, 3.63) is 200 Å². The quantitative estimate of drug-likeness (QED) is 0.0976. The van der Waals surface area contributed by atoms with Crippen LogP contribution in [0.5, 0.6) is 0 Å². The van der Waals surface area contributed by atoms with Gasteiger partial charge in [0.25, 0.3) is 0 Å². The zero-order valence-electron chi connectivity index (χ0n) is 32.8. The molecule has 9 rings (SSSR count). The Morgan fingerprint density at radius 1 is 0.586 bits per heavy atom. The van der Waals surface area contributed by atoms with Crippen molar-refractivity contribution in [1.29, 1.82) is 0 Å². The Balaban J connectivity index is 1.23. The van der Waals surface area contributed by atoms with Crippen molar-refractivity contribution in [3.63, 3.8) is 0 Å². The van der Waals surface area contributed by atoms with E-state index >= 15 is 0 Å². The number of rotatable bonds is 11. The lowest BCUT2D eigenvalue weighted by atomic mass is 9.85. The monoisotopic (exact) mass is 749 g/mol. The van der Waals surface area contributed by atoms with Crippen LogP contribution in [0.1, 0.15) is 25.8 Å². The highest BCUT2D eigenvalue weighted by Gasteiger charge is 2.22. The Hall–Kier alpha value is -7.17. The van der Waals surface area contributed by atoms with Gasteiger partial charge in [0.15, 0.2) is 17.5 Å². The standard InChI is InChI=1S/C54H43N3O/c1-4-6-13-34-54(3,33-5-2)35-15-20-40-31-32-48-50(46-22-11-12-24-47(46)58-48)49(40)53-56-51(55-52(57-53)43-30-25-37-16-7-8-18-42(37)36-43)41-28-26-39(27-29-41)45-23-14-19-38-17-9-10-21-44(38)45/h4-19,21-32,34-36H,2,20,33H2,1,3H3/b6-4-,34-13-,35-15-. The van der Waals surface area contributed by atoms with E-state index in [1.807, 2.05) is 31.2 Å². The lowest BCUT2D eigenvalue weighted by Crippen LogP contribution is -2.08. The minimum atomic E-state index is -0.185. The summed E-state index contributed by atoms with van der Waals surface area (Å²) in [5.41, 5.74) is 7.64. The van der Waals surface area contributed by atoms with Crippen LogP contribution in [-0.2, 0) is 6.42 Å². The zero-order chi connectivity index (χ0) is 39.5. The van der Waals surface area contributed by atoms with E-state index in [1.165, 1.54) is 16.3 Å². The summed E-state index contributed by atoms with van der Waals surface area (Å²) >= 11 is 0. The lowest BCUT2D eigenvalue weighted by Gasteiger charge is -2.20. The van der Waals surface area contributed by atoms with Crippen molar-refractivity contribution < 1.29 is 4.42 Å². The van der Waals surface area contributed by atoms with Gasteiger partial charge in [0, 0.05) is 32.9 Å². The van der Waals surface area contributed by atoms with Crippen LogP contribution in [0, 0.1) is 5.41 Å². The average molecular weight is 750 g/mol. The third kappa shape index (κ3) is 7.17. The molecule has 1 atom stereocenters. The zero-order valence-corrected chi connectivity index (χ0v) is 32.8. The van der Waals surface area contributed by atoms with E-state index in [0.29, 0.717) is 23.9 Å². The first kappa shape index (κ1) is 36.5. The van der Waals surface area contributed by atoms with E-state index in [0.717, 1.165) is 66.9 Å². The fourth-order valence-corrected chi connectivity index (χ4v) is 7.98. The Morgan fingerprint density at radius 3 is 2.07 bits per heavy atom. The molecule has 0 aliphatic heterocycles. The van der Waals surface area contributed by atoms with E-state index in [9.17, 15) is 0 Å². The van der Waals surface area contributed by atoms with Crippen molar-refractivity contribution in [2.45, 2.75) is 26.7 Å². The third-order valence-corrected chi connectivity index (χ3v) is 10.9. The van der Waals surface area contributed by atoms with Crippen LogP contribution in [0.25, 0.3) is 88.8 Å². The highest BCUT2D eigenvalue weighted by molar-refractivity contribution is 6.12. The molecular formula is C54H43N3O. The summed E-state index contributed by atoms with van der Waals surface area (Å²) in [5, 5.41) is 6.75. The molecule has 0 radical (unpaired) electrons. The smallest absolute Gasteiger partial charge is 0.165 e. The SMILES string of the molecule is C=CCC(C)(/C=C\C=C/C)/C=C\Cc1ccc2oc3ccccc3c2c1-c1nc(-c2ccc(-c3cccc4ccccc34)cc2)nc(-c2ccc3ccccc3c2)n1. The largest absolute Gasteiger partial charge is 0.456 e. The van der Waals surface area contributed by atoms with Crippen molar-refractivity contribution in [2.24, 2.45) is 5.41 Å². The number of hydrogen-bond donors (Lipinski definition) is 0. The summed E-state index contributed by atoms with van der Waals surface area (Å²) in [7, 11) is 0. The topological polar surface area (TPSA) is 51.8 Å². The minimum absolute atomic E-state index is 0.185. The predicted octanol–water partition coefficient (Wildman–Crippen LogP) is 14.6. The summed E-state index contributed by atoms with van der Waals surface area (Å²) in [5.74, 6) is 1.83. The second-order valence-electron chi connectivity index (χ2n) is 15.0. The fraction of sp³-hybridized carbons (Fsp3) is 0.0926. The molecule has 0 saturated carbocycles. The van der Waals surface area contributed by atoms with Gasteiger partial charge in [0.2, 0.25) is 0 Å². The first-order valence-electron chi connectivity index (χ1n) is 19.9. The molecule has 0 spiro atoms. The van der Waals surface area contributed by atoms with Crippen molar-refractivity contribution in [3.8, 4) is 45.3 Å². The van der Waals surface area contributed by atoms with E-state index in [4.69, 9.17) is 19.4 Å². The van der Waals surface area contributed by atoms with Crippen LogP contribution in [0.4, 0.5) is 0 Å². The number of benzene rings is 7. The summed E-state index contributed by atoms with van der Waals surface area (Å²) in [4.78, 5) is 15.8. The summed E-state index contributed by atoms with van der Waals surface area (Å²) in [6.45, 7) is 8.31. The van der Waals surface area contributed by atoms with E-state index in [1.54, 1.807) is 0 Å². The summed E-state index contributed by atoms with van der Waals surface area (Å²) in [6.07, 6.45) is 16.5. The second-order valence-corrected chi connectivity index (χ2v) is 15.0. The molecule has 0 aliphatic rings. The first-order valence-corrected chi connectivity index (χ1v) is 19.9. The maximum absolute atomic E-state index is 6.46. The lowest BCUT2D eigenvalue weighted by molar-refractivity contribution is 0.561. The molecule has 7 aromatic carbocycles. The van der Waals surface area contributed by atoms with Crippen LogP contribution in [-0.4, -0.2) is 15.0 Å². The minimum Gasteiger partial charge on any atom is -0.456 e. The molecule has 0 saturated heterocycles. The van der Waals surface area contributed by atoms with Crippen LogP contribution >= 0.6 is 0 Å². The van der Waals surface area contributed by atoms with Gasteiger partial charge in [-0.15, -0.1) is 6.58 Å². The van der Waals surface area contributed by atoms with Crippen LogP contribution < -0.4 is 0 Å². The van der Waals surface area contributed by atoms with Gasteiger partial charge in [-0.2, -0.15) is 0 Å². The normalized spacial score (nSPS) is 13.1. The fourth-order valence-electron chi connectivity index (χ4n) is 7.98. The van der Waals surface area contributed by atoms with Crippen LogP contribution in [0.2, 0.25) is 0 Å². The molecule has 4 heteroatoms. The van der Waals surface area contributed by atoms with Gasteiger partial charge in [0.1, 0.15) is 11.2 Å². The average Bonchev–Trinajstić information content (AvgIpc) is 3.65. The summed E-state index contributed by atoms with van der Waals surface area (Å²) < 4.78 is 6.46. The molecule has 0 amide bonds. The molecule has 0 bridgehead atoms. The Morgan fingerprint density at radius 2 is 1.26 bits per heavy atom. The molecule has 0 N–H and O–H groups in total. The number of para-hydroxylation sites is 1. The predicted molar refractivity (Wildman–Crippen MR) is 244 cm³/mol. The Labute approximate surface area is 339 Å². The van der Waals surface area contributed by atoms with Gasteiger partial charge in [-0.05, 0) is 76.2 Å². The van der Waals surface area contributed by atoms with Gasteiger partial charge in [-0.1, -0.05) is 177 Å². The number of aromatic nitrogens is 3. The first-order chi connectivity index (χ1) is 28.5. The molecule has 4 nitrogen and oxygen atoms in total. The van der Waals surface area contributed by atoms with Crippen molar-refractivity contribution in [1.82, 2.24) is 15.0 Å². The molecule has 1 unspecified atom stereocenters. The van der Waals surface area contributed by atoms with Crippen LogP contribution in [0.15, 0.2) is 199 Å². The molecule has 2 aromatic heterocycles. The Kier molecular flexibility index (Phi) is 9.91. The third-order valence-electron chi connectivity index (χ3n) is 10.9. The highest BCUT2D eigenvalue weighted by atomic mass is 16.3. The molecule has 58 heavy (non-hydrogen) atoms. The van der Waals surface area contributed by atoms with Gasteiger partial charge >= 0.3 is 0 Å². The van der Waals surface area contributed by atoms with E-state index in [2.05, 4.69) is 177 Å². The molecular weight excluding hydrogens is 707 g/mol. The molecule has 280 valence electrons. The van der Waals surface area contributed by atoms with Gasteiger partial charge < -0.3 is 4.42 Å². The van der Waals surface area contributed by atoms with Crippen molar-refractivity contribution >= 4 is 43.5 Å². The van der Waals surface area contributed by atoms with Crippen molar-refractivity contribution in [2.75, 3.05) is 0 Å². The second kappa shape index (κ2) is 15.8. The number of allylic oxidation sites excluding steroid dienone is 7. The van der Waals surface area contributed by atoms with E-state index < -0.39 is 0 Å².